The maximum absolute atomic E-state index is 10.4. The Labute approximate surface area is 62.4 Å². The van der Waals surface area contributed by atoms with Crippen molar-refractivity contribution in [2.24, 2.45) is 7.05 Å². The Bertz CT molecular complexity index is 281. The molecule has 1 N–H and O–H groups in total. The fourth-order valence-electron chi connectivity index (χ4n) is 0.711. The largest absolute Gasteiger partial charge is 0.479 e. The summed E-state index contributed by atoms with van der Waals surface area (Å²) in [5, 5.41) is 15.4. The molecule has 0 spiro atoms. The van der Waals surface area contributed by atoms with Crippen LogP contribution >= 0.6 is 0 Å². The van der Waals surface area contributed by atoms with E-state index in [2.05, 4.69) is 10.3 Å². The Morgan fingerprint density at radius 3 is 2.73 bits per heavy atom. The van der Waals surface area contributed by atoms with Gasteiger partial charge in [-0.15, -0.1) is 5.10 Å². The molecular weight excluding hydrogens is 150 g/mol. The fourth-order valence-corrected chi connectivity index (χ4v) is 0.711. The van der Waals surface area contributed by atoms with Gasteiger partial charge in [-0.1, -0.05) is 5.21 Å². The molecule has 1 aromatic heterocycles. The van der Waals surface area contributed by atoms with Gasteiger partial charge in [0.05, 0.1) is 7.11 Å². The molecule has 0 aliphatic heterocycles. The number of carboxylic acid groups (broad SMARTS) is 1. The van der Waals surface area contributed by atoms with Gasteiger partial charge in [-0.05, 0) is 0 Å². The minimum atomic E-state index is -1.14. The van der Waals surface area contributed by atoms with Gasteiger partial charge in [-0.2, -0.15) is 0 Å². The number of hydrogen-bond donors (Lipinski definition) is 1. The lowest BCUT2D eigenvalue weighted by Crippen LogP contribution is -2.01. The minimum Gasteiger partial charge on any atom is -0.479 e. The molecule has 1 rings (SSSR count). The average molecular weight is 157 g/mol. The standard InChI is InChI=1S/C5H7N3O3/c1-8-4(11-2)3(5(9)10)6-7-8/h1-2H3,(H,9,10). The van der Waals surface area contributed by atoms with Crippen LogP contribution in [0.1, 0.15) is 10.5 Å². The zero-order chi connectivity index (χ0) is 8.43. The van der Waals surface area contributed by atoms with Crippen molar-refractivity contribution < 1.29 is 14.6 Å². The van der Waals surface area contributed by atoms with Crippen molar-refractivity contribution in [3.63, 3.8) is 0 Å². The van der Waals surface area contributed by atoms with Crippen LogP contribution in [0, 0.1) is 0 Å². The van der Waals surface area contributed by atoms with Crippen LogP contribution in [0.3, 0.4) is 0 Å². The topological polar surface area (TPSA) is 77.2 Å². The molecule has 0 amide bonds. The van der Waals surface area contributed by atoms with E-state index >= 15 is 0 Å². The van der Waals surface area contributed by atoms with E-state index in [0.29, 0.717) is 0 Å². The first-order valence-electron chi connectivity index (χ1n) is 2.83. The molecule has 1 heterocycles. The predicted octanol–water partition coefficient (Wildman–Crippen LogP) is -0.478. The van der Waals surface area contributed by atoms with E-state index in [1.54, 1.807) is 7.05 Å². The quantitative estimate of drug-likeness (QED) is 0.627. The van der Waals surface area contributed by atoms with Gasteiger partial charge in [-0.25, -0.2) is 9.48 Å². The summed E-state index contributed by atoms with van der Waals surface area (Å²) < 4.78 is 5.99. The molecule has 11 heavy (non-hydrogen) atoms. The Balaban J connectivity index is 3.15. The molecule has 0 saturated heterocycles. The molecule has 0 aromatic carbocycles. The second kappa shape index (κ2) is 2.57. The van der Waals surface area contributed by atoms with Crippen molar-refractivity contribution in [3.05, 3.63) is 5.69 Å². The molecule has 6 nitrogen and oxygen atoms in total. The molecule has 6 heteroatoms. The monoisotopic (exact) mass is 157 g/mol. The molecule has 60 valence electrons. The number of aromatic nitrogens is 3. The third-order valence-electron chi connectivity index (χ3n) is 1.17. The summed E-state index contributed by atoms with van der Waals surface area (Å²) in [6.07, 6.45) is 0. The van der Waals surface area contributed by atoms with Crippen LogP contribution in [-0.2, 0) is 7.05 Å². The number of ether oxygens (including phenoxy) is 1. The van der Waals surface area contributed by atoms with Crippen molar-refractivity contribution in [2.45, 2.75) is 0 Å². The first kappa shape index (κ1) is 7.52. The van der Waals surface area contributed by atoms with Crippen LogP contribution in [0.2, 0.25) is 0 Å². The summed E-state index contributed by atoms with van der Waals surface area (Å²) in [6.45, 7) is 0. The molecule has 0 aliphatic rings. The van der Waals surface area contributed by atoms with Gasteiger partial charge in [0.25, 0.3) is 0 Å². The number of nitrogens with zero attached hydrogens (tertiary/aromatic N) is 3. The molecular formula is C5H7N3O3. The number of aryl methyl sites for hydroxylation is 1. The Kier molecular flexibility index (Phi) is 1.75. The summed E-state index contributed by atoms with van der Waals surface area (Å²) in [7, 11) is 2.92. The van der Waals surface area contributed by atoms with Crippen LogP contribution in [0.25, 0.3) is 0 Å². The summed E-state index contributed by atoms with van der Waals surface area (Å²) >= 11 is 0. The van der Waals surface area contributed by atoms with E-state index in [1.807, 2.05) is 0 Å². The number of carbonyl (C=O) groups is 1. The molecule has 0 unspecified atom stereocenters. The molecule has 0 radical (unpaired) electrons. The number of rotatable bonds is 2. The maximum atomic E-state index is 10.4. The molecule has 0 atom stereocenters. The smallest absolute Gasteiger partial charge is 0.362 e. The molecule has 0 aliphatic carbocycles. The molecule has 1 aromatic rings. The number of carboxylic acids is 1. The van der Waals surface area contributed by atoms with Crippen molar-refractivity contribution in [3.8, 4) is 5.88 Å². The highest BCUT2D eigenvalue weighted by molar-refractivity contribution is 5.87. The average Bonchev–Trinajstić information content (AvgIpc) is 2.30. The van der Waals surface area contributed by atoms with Crippen molar-refractivity contribution >= 4 is 5.97 Å². The lowest BCUT2D eigenvalue weighted by atomic mass is 10.5. The number of methoxy groups -OCH3 is 1. The second-order valence-corrected chi connectivity index (χ2v) is 1.88. The van der Waals surface area contributed by atoms with Crippen LogP contribution in [0.4, 0.5) is 0 Å². The van der Waals surface area contributed by atoms with Crippen molar-refractivity contribution in [1.29, 1.82) is 0 Å². The fraction of sp³-hybridized carbons (Fsp3) is 0.400. The van der Waals surface area contributed by atoms with Gasteiger partial charge in [0.2, 0.25) is 11.6 Å². The van der Waals surface area contributed by atoms with E-state index in [4.69, 9.17) is 9.84 Å². The molecule has 0 saturated carbocycles. The van der Waals surface area contributed by atoms with Crippen LogP contribution in [0.15, 0.2) is 0 Å². The van der Waals surface area contributed by atoms with E-state index in [-0.39, 0.29) is 11.6 Å². The highest BCUT2D eigenvalue weighted by Gasteiger charge is 2.17. The van der Waals surface area contributed by atoms with Gasteiger partial charge < -0.3 is 9.84 Å². The van der Waals surface area contributed by atoms with Crippen molar-refractivity contribution in [2.75, 3.05) is 7.11 Å². The van der Waals surface area contributed by atoms with Crippen molar-refractivity contribution in [1.82, 2.24) is 15.0 Å². The van der Waals surface area contributed by atoms with Crippen LogP contribution in [-0.4, -0.2) is 33.2 Å². The minimum absolute atomic E-state index is 0.150. The normalized spacial score (nSPS) is 9.64. The molecule has 0 fully saturated rings. The second-order valence-electron chi connectivity index (χ2n) is 1.88. The Hall–Kier alpha value is -1.59. The van der Waals surface area contributed by atoms with Gasteiger partial charge in [0, 0.05) is 7.05 Å². The highest BCUT2D eigenvalue weighted by atomic mass is 16.5. The summed E-state index contributed by atoms with van der Waals surface area (Å²) in [4.78, 5) is 10.4. The Morgan fingerprint density at radius 2 is 2.36 bits per heavy atom. The maximum Gasteiger partial charge on any atom is 0.362 e. The predicted molar refractivity (Wildman–Crippen MR) is 34.5 cm³/mol. The molecule has 0 bridgehead atoms. The SMILES string of the molecule is COc1c(C(=O)O)nnn1C. The van der Waals surface area contributed by atoms with Gasteiger partial charge >= 0.3 is 5.97 Å². The van der Waals surface area contributed by atoms with Crippen LogP contribution in [0.5, 0.6) is 5.88 Å². The first-order valence-corrected chi connectivity index (χ1v) is 2.83. The summed E-state index contributed by atoms with van der Waals surface area (Å²) in [6, 6.07) is 0. The first-order chi connectivity index (χ1) is 5.16. The van der Waals surface area contributed by atoms with E-state index < -0.39 is 5.97 Å². The van der Waals surface area contributed by atoms with Crippen LogP contribution < -0.4 is 4.74 Å². The van der Waals surface area contributed by atoms with E-state index in [9.17, 15) is 4.79 Å². The van der Waals surface area contributed by atoms with E-state index in [0.717, 1.165) is 0 Å². The Morgan fingerprint density at radius 1 is 1.73 bits per heavy atom. The highest BCUT2D eigenvalue weighted by Crippen LogP contribution is 2.12. The number of aromatic carboxylic acids is 1. The van der Waals surface area contributed by atoms with Gasteiger partial charge in [0.15, 0.2) is 0 Å². The van der Waals surface area contributed by atoms with Gasteiger partial charge in [-0.3, -0.25) is 0 Å². The number of hydrogen-bond acceptors (Lipinski definition) is 4. The third kappa shape index (κ3) is 1.14. The summed E-state index contributed by atoms with van der Waals surface area (Å²) in [5.41, 5.74) is -0.171. The van der Waals surface area contributed by atoms with Gasteiger partial charge in [0.1, 0.15) is 0 Å². The third-order valence-corrected chi connectivity index (χ3v) is 1.17. The lowest BCUT2D eigenvalue weighted by Gasteiger charge is -1.97. The zero-order valence-corrected chi connectivity index (χ0v) is 6.11. The zero-order valence-electron chi connectivity index (χ0n) is 6.11. The van der Waals surface area contributed by atoms with E-state index in [1.165, 1.54) is 11.8 Å². The lowest BCUT2D eigenvalue weighted by molar-refractivity contribution is 0.0686. The summed E-state index contributed by atoms with van der Waals surface area (Å²) in [5.74, 6) is -0.993.